The van der Waals surface area contributed by atoms with Crippen molar-refractivity contribution in [3.63, 3.8) is 0 Å². The predicted octanol–water partition coefficient (Wildman–Crippen LogP) is 2.81. The number of carbonyl (C=O) groups excluding carboxylic acids is 3. The molecule has 0 aliphatic carbocycles. The molecule has 0 aliphatic heterocycles. The summed E-state index contributed by atoms with van der Waals surface area (Å²) >= 11 is 0.729. The Kier molecular flexibility index (Phi) is 7.26. The molecule has 0 saturated heterocycles. The summed E-state index contributed by atoms with van der Waals surface area (Å²) < 4.78 is 9.36. The number of carbonyl (C=O) groups is 3. The molecule has 6 N–H and O–H groups in total. The molecule has 1 atom stereocenters. The van der Waals surface area contributed by atoms with E-state index in [1.165, 1.54) is 23.3 Å². The molecule has 34 heavy (non-hydrogen) atoms. The highest BCUT2D eigenvalue weighted by molar-refractivity contribution is 7.09. The van der Waals surface area contributed by atoms with Crippen LogP contribution in [0.1, 0.15) is 64.7 Å². The summed E-state index contributed by atoms with van der Waals surface area (Å²) in [6.45, 7) is 5.61. The van der Waals surface area contributed by atoms with Gasteiger partial charge in [0.05, 0.1) is 18.5 Å². The molecule has 3 aromatic rings. The van der Waals surface area contributed by atoms with Crippen molar-refractivity contribution < 1.29 is 23.9 Å². The van der Waals surface area contributed by atoms with Gasteiger partial charge in [-0.3, -0.25) is 14.4 Å². The molecule has 180 valence electrons. The van der Waals surface area contributed by atoms with Crippen LogP contribution in [0.15, 0.2) is 47.1 Å². The number of nitrogens with zero attached hydrogens (tertiary/aromatic N) is 2. The van der Waals surface area contributed by atoms with Crippen LogP contribution >= 0.6 is 11.5 Å². The molecule has 0 saturated carbocycles. The van der Waals surface area contributed by atoms with E-state index in [9.17, 15) is 19.5 Å². The van der Waals surface area contributed by atoms with E-state index in [2.05, 4.69) is 9.69 Å². The second-order valence-electron chi connectivity index (χ2n) is 8.37. The van der Waals surface area contributed by atoms with E-state index in [0.29, 0.717) is 17.7 Å². The van der Waals surface area contributed by atoms with Crippen LogP contribution in [0.5, 0.6) is 5.75 Å². The number of aromatic nitrogens is 1. The van der Waals surface area contributed by atoms with Crippen LogP contribution in [0.2, 0.25) is 0 Å². The third kappa shape index (κ3) is 5.37. The van der Waals surface area contributed by atoms with Gasteiger partial charge in [0.15, 0.2) is 5.69 Å². The summed E-state index contributed by atoms with van der Waals surface area (Å²) in [6, 6.07) is 8.22. The maximum atomic E-state index is 13.7. The molecule has 1 aromatic carbocycles. The summed E-state index contributed by atoms with van der Waals surface area (Å²) in [5.41, 5.74) is 10.9. The van der Waals surface area contributed by atoms with Gasteiger partial charge >= 0.3 is 0 Å². The summed E-state index contributed by atoms with van der Waals surface area (Å²) in [6.07, 6.45) is 2.11. The number of nitrogen functional groups attached to an aromatic ring is 1. The number of rotatable bonds is 9. The van der Waals surface area contributed by atoms with E-state index in [0.717, 1.165) is 11.5 Å². The van der Waals surface area contributed by atoms with Crippen LogP contribution in [0.3, 0.4) is 0 Å². The number of phenols is 1. The van der Waals surface area contributed by atoms with Crippen molar-refractivity contribution in [3.05, 3.63) is 64.6 Å². The molecule has 0 spiro atoms. The third-order valence-corrected chi connectivity index (χ3v) is 6.29. The zero-order chi connectivity index (χ0) is 25.0. The number of primary amides is 1. The number of hydrogen-bond acceptors (Lipinski definition) is 8. The van der Waals surface area contributed by atoms with Crippen LogP contribution in [0.25, 0.3) is 0 Å². The minimum Gasteiger partial charge on any atom is -0.508 e. The number of furan rings is 1. The summed E-state index contributed by atoms with van der Waals surface area (Å²) in [7, 11) is 0. The lowest BCUT2D eigenvalue weighted by Gasteiger charge is -2.34. The number of nitrogens with one attached hydrogen (secondary N) is 1. The van der Waals surface area contributed by atoms with E-state index < -0.39 is 29.3 Å². The number of hydrogen-bond donors (Lipinski definition) is 4. The molecule has 3 amide bonds. The number of anilines is 1. The van der Waals surface area contributed by atoms with Gasteiger partial charge in [-0.15, -0.1) is 0 Å². The minimum atomic E-state index is -1.11. The number of phenolic OH excluding ortho intramolecular Hbond substituents is 1. The molecular formula is C23H27N5O5S. The Morgan fingerprint density at radius 1 is 1.24 bits per heavy atom. The van der Waals surface area contributed by atoms with Gasteiger partial charge in [-0.2, -0.15) is 4.37 Å². The number of nitrogens with two attached hydrogens (primary N) is 2. The van der Waals surface area contributed by atoms with Crippen molar-refractivity contribution in [2.75, 3.05) is 5.73 Å². The summed E-state index contributed by atoms with van der Waals surface area (Å²) in [5, 5.41) is 12.7. The topological polar surface area (TPSA) is 165 Å². The van der Waals surface area contributed by atoms with Crippen molar-refractivity contribution >= 4 is 34.9 Å². The smallest absolute Gasteiger partial charge is 0.270 e. The lowest BCUT2D eigenvalue weighted by molar-refractivity contribution is -0.127. The molecule has 0 aliphatic rings. The van der Waals surface area contributed by atoms with E-state index in [-0.39, 0.29) is 28.6 Å². The quantitative estimate of drug-likeness (QED) is 0.362. The van der Waals surface area contributed by atoms with Gasteiger partial charge < -0.3 is 31.2 Å². The maximum absolute atomic E-state index is 13.7. The summed E-state index contributed by atoms with van der Waals surface area (Å²) in [5.74, 6) is -1.48. The molecule has 2 heterocycles. The fourth-order valence-corrected chi connectivity index (χ4v) is 3.99. The van der Waals surface area contributed by atoms with Crippen molar-refractivity contribution in [3.8, 4) is 5.75 Å². The van der Waals surface area contributed by atoms with Crippen LogP contribution in [-0.4, -0.2) is 37.6 Å². The second-order valence-corrected chi connectivity index (χ2v) is 9.14. The van der Waals surface area contributed by atoms with Crippen molar-refractivity contribution in [1.29, 1.82) is 0 Å². The lowest BCUT2D eigenvalue weighted by atomic mass is 9.98. The Morgan fingerprint density at radius 2 is 1.91 bits per heavy atom. The highest BCUT2D eigenvalue weighted by atomic mass is 32.1. The van der Waals surface area contributed by atoms with E-state index >= 15 is 0 Å². The lowest BCUT2D eigenvalue weighted by Crippen LogP contribution is -2.50. The van der Waals surface area contributed by atoms with Gasteiger partial charge in [0.2, 0.25) is 5.91 Å². The van der Waals surface area contributed by atoms with Gasteiger partial charge in [-0.1, -0.05) is 19.1 Å². The highest BCUT2D eigenvalue weighted by Gasteiger charge is 2.37. The summed E-state index contributed by atoms with van der Waals surface area (Å²) in [4.78, 5) is 40.2. The number of amides is 3. The maximum Gasteiger partial charge on any atom is 0.270 e. The minimum absolute atomic E-state index is 0.0125. The zero-order valence-electron chi connectivity index (χ0n) is 19.1. The predicted molar refractivity (Wildman–Crippen MR) is 127 cm³/mol. The average Bonchev–Trinajstić information content (AvgIpc) is 3.43. The van der Waals surface area contributed by atoms with Gasteiger partial charge in [-0.05, 0) is 61.6 Å². The molecule has 3 rings (SSSR count). The second kappa shape index (κ2) is 9.96. The van der Waals surface area contributed by atoms with E-state index in [1.54, 1.807) is 24.3 Å². The van der Waals surface area contributed by atoms with E-state index in [1.807, 2.05) is 20.8 Å². The molecule has 0 radical (unpaired) electrons. The molecular weight excluding hydrogens is 458 g/mol. The van der Waals surface area contributed by atoms with Crippen LogP contribution in [0, 0.1) is 0 Å². The zero-order valence-corrected chi connectivity index (χ0v) is 19.9. The standard InChI is InChI=1S/C23H27N5O5S/c1-4-23(2,3)26-21(31)18(13-7-9-14(29)10-8-13)28(12-15-6-5-11-33-15)22(32)19-16(24)17(20(25)30)27-34-19/h5-11,18,29H,4,12,24H2,1-3H3,(H2,25,30)(H,26,31). The van der Waals surface area contributed by atoms with Gasteiger partial charge in [0.1, 0.15) is 22.4 Å². The first-order valence-electron chi connectivity index (χ1n) is 10.5. The number of benzene rings is 1. The van der Waals surface area contributed by atoms with Crippen molar-refractivity contribution in [1.82, 2.24) is 14.6 Å². The van der Waals surface area contributed by atoms with Crippen molar-refractivity contribution in [2.45, 2.75) is 45.3 Å². The monoisotopic (exact) mass is 485 g/mol. The Labute approximate surface area is 200 Å². The first-order valence-corrected chi connectivity index (χ1v) is 11.3. The fraction of sp³-hybridized carbons (Fsp3) is 0.304. The Hall–Kier alpha value is -3.86. The molecule has 10 nitrogen and oxygen atoms in total. The van der Waals surface area contributed by atoms with Crippen molar-refractivity contribution in [2.24, 2.45) is 5.73 Å². The van der Waals surface area contributed by atoms with Gasteiger partial charge in [0.25, 0.3) is 11.8 Å². The number of aromatic hydroxyl groups is 1. The van der Waals surface area contributed by atoms with Crippen LogP contribution in [0.4, 0.5) is 5.69 Å². The Balaban J connectivity index is 2.13. The first kappa shape index (κ1) is 24.8. The average molecular weight is 486 g/mol. The first-order chi connectivity index (χ1) is 16.0. The van der Waals surface area contributed by atoms with Crippen LogP contribution in [-0.2, 0) is 11.3 Å². The highest BCUT2D eigenvalue weighted by Crippen LogP contribution is 2.31. The largest absolute Gasteiger partial charge is 0.508 e. The van der Waals surface area contributed by atoms with E-state index in [4.69, 9.17) is 15.9 Å². The third-order valence-electron chi connectivity index (χ3n) is 5.44. The normalized spacial score (nSPS) is 12.2. The van der Waals surface area contributed by atoms with Crippen LogP contribution < -0.4 is 16.8 Å². The fourth-order valence-electron chi connectivity index (χ4n) is 3.23. The Morgan fingerprint density at radius 3 is 2.44 bits per heavy atom. The molecule has 11 heteroatoms. The molecule has 0 fully saturated rings. The molecule has 0 bridgehead atoms. The molecule has 1 unspecified atom stereocenters. The Bertz CT molecular complexity index is 1170. The SMILES string of the molecule is CCC(C)(C)NC(=O)C(c1ccc(O)cc1)N(Cc1ccco1)C(=O)c1snc(C(N)=O)c1N. The molecule has 2 aromatic heterocycles. The van der Waals surface area contributed by atoms with Gasteiger partial charge in [0, 0.05) is 5.54 Å². The van der Waals surface area contributed by atoms with Gasteiger partial charge in [-0.25, -0.2) is 0 Å².